The highest BCUT2D eigenvalue weighted by atomic mass is 79.9. The van der Waals surface area contributed by atoms with Crippen LogP contribution in [0.5, 0.6) is 0 Å². The normalized spacial score (nSPS) is 10.8. The molecule has 0 spiro atoms. The fourth-order valence-electron chi connectivity index (χ4n) is 1.98. The lowest BCUT2D eigenvalue weighted by atomic mass is 10.0. The van der Waals surface area contributed by atoms with Gasteiger partial charge in [-0.3, -0.25) is 10.1 Å². The second kappa shape index (κ2) is 7.04. The number of nitro benzene ring substituents is 1. The number of hydrogen-bond donors (Lipinski definition) is 0. The van der Waals surface area contributed by atoms with E-state index < -0.39 is 0 Å². The lowest BCUT2D eigenvalue weighted by Gasteiger charge is -2.05. The van der Waals surface area contributed by atoms with Gasteiger partial charge in [-0.1, -0.05) is 40.2 Å². The van der Waals surface area contributed by atoms with Crippen LogP contribution in [0.4, 0.5) is 5.69 Å². The van der Waals surface area contributed by atoms with Crippen LogP contribution in [0.1, 0.15) is 11.1 Å². The second-order valence-corrected chi connectivity index (χ2v) is 4.96. The van der Waals surface area contributed by atoms with Crippen LogP contribution < -0.4 is 0 Å². The maximum atomic E-state index is 10.9. The van der Waals surface area contributed by atoms with E-state index in [0.717, 1.165) is 16.7 Å². The van der Waals surface area contributed by atoms with Gasteiger partial charge in [-0.2, -0.15) is 0 Å². The minimum Gasteiger partial charge on any atom is -0.504 e. The molecule has 0 bridgehead atoms. The van der Waals surface area contributed by atoms with E-state index in [1.54, 1.807) is 25.5 Å². The Hall–Kier alpha value is -2.14. The summed E-state index contributed by atoms with van der Waals surface area (Å²) >= 11 is 3.30. The maximum absolute atomic E-state index is 10.9. The van der Waals surface area contributed by atoms with Gasteiger partial charge in [0.1, 0.15) is 0 Å². The molecule has 2 rings (SSSR count). The number of alkyl halides is 1. The number of nitrogens with zero attached hydrogens (tertiary/aromatic N) is 1. The number of hydrogen-bond acceptors (Lipinski definition) is 3. The van der Waals surface area contributed by atoms with Crippen molar-refractivity contribution in [3.8, 4) is 11.1 Å². The van der Waals surface area contributed by atoms with Crippen LogP contribution >= 0.6 is 15.9 Å². The van der Waals surface area contributed by atoms with E-state index in [9.17, 15) is 10.1 Å². The zero-order chi connectivity index (χ0) is 15.2. The summed E-state index contributed by atoms with van der Waals surface area (Å²) in [6.07, 6.45) is 3.48. The summed E-state index contributed by atoms with van der Waals surface area (Å²) in [5, 5.41) is 11.4. The SMILES string of the molecule is COC=Cc1ccc(-c2ccc([N+](=O)[O-])c(CBr)c2)cc1. The Labute approximate surface area is 131 Å². The van der Waals surface area contributed by atoms with Gasteiger partial charge in [-0.05, 0) is 34.9 Å². The zero-order valence-corrected chi connectivity index (χ0v) is 13.0. The Morgan fingerprint density at radius 1 is 1.19 bits per heavy atom. The van der Waals surface area contributed by atoms with E-state index in [-0.39, 0.29) is 10.6 Å². The van der Waals surface area contributed by atoms with Crippen molar-refractivity contribution < 1.29 is 9.66 Å². The average Bonchev–Trinajstić information content (AvgIpc) is 2.52. The molecule has 0 aromatic heterocycles. The van der Waals surface area contributed by atoms with Crippen molar-refractivity contribution in [2.75, 3.05) is 7.11 Å². The summed E-state index contributed by atoms with van der Waals surface area (Å²) in [4.78, 5) is 10.6. The van der Waals surface area contributed by atoms with Gasteiger partial charge in [-0.25, -0.2) is 0 Å². The van der Waals surface area contributed by atoms with Crippen LogP contribution in [0.15, 0.2) is 48.7 Å². The van der Waals surface area contributed by atoms with Crippen LogP contribution in [0, 0.1) is 10.1 Å². The van der Waals surface area contributed by atoms with Crippen molar-refractivity contribution in [3.63, 3.8) is 0 Å². The molecule has 2 aromatic rings. The summed E-state index contributed by atoms with van der Waals surface area (Å²) in [5.41, 5.74) is 3.80. The predicted molar refractivity (Wildman–Crippen MR) is 87.2 cm³/mol. The van der Waals surface area contributed by atoms with E-state index in [0.29, 0.717) is 10.9 Å². The summed E-state index contributed by atoms with van der Waals surface area (Å²) < 4.78 is 4.88. The van der Waals surface area contributed by atoms with Crippen molar-refractivity contribution in [1.82, 2.24) is 0 Å². The highest BCUT2D eigenvalue weighted by molar-refractivity contribution is 9.08. The average molecular weight is 348 g/mol. The maximum Gasteiger partial charge on any atom is 0.273 e. The molecule has 0 aliphatic carbocycles. The molecule has 0 N–H and O–H groups in total. The molecule has 21 heavy (non-hydrogen) atoms. The van der Waals surface area contributed by atoms with Gasteiger partial charge in [0.2, 0.25) is 0 Å². The molecule has 4 nitrogen and oxygen atoms in total. The van der Waals surface area contributed by atoms with Crippen molar-refractivity contribution in [3.05, 3.63) is 70.0 Å². The Bertz CT molecular complexity index is 666. The molecule has 108 valence electrons. The fourth-order valence-corrected chi connectivity index (χ4v) is 2.43. The van der Waals surface area contributed by atoms with Gasteiger partial charge in [0.05, 0.1) is 18.3 Å². The first kappa shape index (κ1) is 15.3. The highest BCUT2D eigenvalue weighted by Gasteiger charge is 2.13. The van der Waals surface area contributed by atoms with Crippen molar-refractivity contribution in [2.24, 2.45) is 0 Å². The number of benzene rings is 2. The number of halogens is 1. The van der Waals surface area contributed by atoms with Crippen LogP contribution in [0.25, 0.3) is 17.2 Å². The third kappa shape index (κ3) is 3.70. The van der Waals surface area contributed by atoms with E-state index in [4.69, 9.17) is 4.74 Å². The molecule has 0 atom stereocenters. The molecule has 0 aliphatic rings. The van der Waals surface area contributed by atoms with E-state index in [1.807, 2.05) is 36.4 Å². The molecule has 0 aliphatic heterocycles. The Kier molecular flexibility index (Phi) is 5.11. The highest BCUT2D eigenvalue weighted by Crippen LogP contribution is 2.28. The first-order chi connectivity index (χ1) is 10.2. The molecule has 0 unspecified atom stereocenters. The van der Waals surface area contributed by atoms with Crippen LogP contribution in [-0.2, 0) is 10.1 Å². The molecule has 0 amide bonds. The fraction of sp³-hybridized carbons (Fsp3) is 0.125. The topological polar surface area (TPSA) is 52.4 Å². The lowest BCUT2D eigenvalue weighted by Crippen LogP contribution is -1.93. The molecule has 0 fully saturated rings. The largest absolute Gasteiger partial charge is 0.504 e. The van der Waals surface area contributed by atoms with Gasteiger partial charge in [0.25, 0.3) is 5.69 Å². The summed E-state index contributed by atoms with van der Waals surface area (Å²) in [5.74, 6) is 0. The smallest absolute Gasteiger partial charge is 0.273 e. The Morgan fingerprint density at radius 2 is 1.86 bits per heavy atom. The Balaban J connectivity index is 2.33. The van der Waals surface area contributed by atoms with Crippen molar-refractivity contribution in [2.45, 2.75) is 5.33 Å². The third-order valence-electron chi connectivity index (χ3n) is 3.06. The lowest BCUT2D eigenvalue weighted by molar-refractivity contribution is -0.385. The second-order valence-electron chi connectivity index (χ2n) is 4.39. The molecule has 5 heteroatoms. The van der Waals surface area contributed by atoms with E-state index in [1.165, 1.54) is 0 Å². The number of methoxy groups -OCH3 is 1. The minimum atomic E-state index is -0.362. The molecule has 0 radical (unpaired) electrons. The van der Waals surface area contributed by atoms with E-state index >= 15 is 0 Å². The predicted octanol–water partition coefficient (Wildman–Crippen LogP) is 4.77. The minimum absolute atomic E-state index is 0.135. The first-order valence-corrected chi connectivity index (χ1v) is 7.41. The summed E-state index contributed by atoms with van der Waals surface area (Å²) in [6.45, 7) is 0. The zero-order valence-electron chi connectivity index (χ0n) is 11.5. The van der Waals surface area contributed by atoms with Gasteiger partial charge >= 0.3 is 0 Å². The van der Waals surface area contributed by atoms with Crippen LogP contribution in [-0.4, -0.2) is 12.0 Å². The summed E-state index contributed by atoms with van der Waals surface area (Å²) in [6, 6.07) is 13.1. The summed E-state index contributed by atoms with van der Waals surface area (Å²) in [7, 11) is 1.60. The van der Waals surface area contributed by atoms with Gasteiger partial charge in [0, 0.05) is 17.0 Å². The number of ether oxygens (including phenoxy) is 1. The van der Waals surface area contributed by atoms with Crippen molar-refractivity contribution >= 4 is 27.7 Å². The molecule has 0 heterocycles. The van der Waals surface area contributed by atoms with Gasteiger partial charge < -0.3 is 4.74 Å². The molecule has 0 saturated heterocycles. The van der Waals surface area contributed by atoms with Crippen LogP contribution in [0.2, 0.25) is 0 Å². The molecule has 2 aromatic carbocycles. The third-order valence-corrected chi connectivity index (χ3v) is 3.66. The van der Waals surface area contributed by atoms with Gasteiger partial charge in [-0.15, -0.1) is 0 Å². The molecular weight excluding hydrogens is 334 g/mol. The van der Waals surface area contributed by atoms with Crippen molar-refractivity contribution in [1.29, 1.82) is 0 Å². The number of rotatable bonds is 5. The Morgan fingerprint density at radius 3 is 2.43 bits per heavy atom. The van der Waals surface area contributed by atoms with Crippen LogP contribution in [0.3, 0.4) is 0 Å². The quantitative estimate of drug-likeness (QED) is 0.338. The monoisotopic (exact) mass is 347 g/mol. The molecular formula is C16H14BrNO3. The molecule has 0 saturated carbocycles. The first-order valence-electron chi connectivity index (χ1n) is 6.28. The standard InChI is InChI=1S/C16H14BrNO3/c1-21-9-8-12-2-4-13(5-3-12)14-6-7-16(18(19)20)15(10-14)11-17/h2-10H,11H2,1H3. The van der Waals surface area contributed by atoms with Gasteiger partial charge in [0.15, 0.2) is 0 Å². The van der Waals surface area contributed by atoms with E-state index in [2.05, 4.69) is 15.9 Å². The number of nitro groups is 1.